The minimum Gasteiger partial charge on any atom is -0.375 e. The summed E-state index contributed by atoms with van der Waals surface area (Å²) < 4.78 is 35.1. The van der Waals surface area contributed by atoms with Crippen molar-refractivity contribution >= 4 is 10.2 Å². The van der Waals surface area contributed by atoms with Crippen LogP contribution in [0.3, 0.4) is 0 Å². The Bertz CT molecular complexity index is 438. The zero-order valence-corrected chi connectivity index (χ0v) is 13.1. The molecule has 0 aromatic carbocycles. The van der Waals surface area contributed by atoms with Gasteiger partial charge in [0.1, 0.15) is 0 Å². The molecule has 6 heteroatoms. The second-order valence-electron chi connectivity index (χ2n) is 6.48. The smallest absolute Gasteiger partial charge is 0.282 e. The van der Waals surface area contributed by atoms with Gasteiger partial charge in [-0.2, -0.15) is 17.0 Å². The molecule has 0 unspecified atom stereocenters. The van der Waals surface area contributed by atoms with Crippen LogP contribution in [0.4, 0.5) is 0 Å². The molecule has 0 amide bonds. The third-order valence-corrected chi connectivity index (χ3v) is 6.95. The van der Waals surface area contributed by atoms with E-state index in [4.69, 9.17) is 4.74 Å². The molecule has 1 aliphatic carbocycles. The molecule has 20 heavy (non-hydrogen) atoms. The third kappa shape index (κ3) is 2.75. The van der Waals surface area contributed by atoms with Crippen LogP contribution in [-0.4, -0.2) is 55.4 Å². The van der Waals surface area contributed by atoms with Gasteiger partial charge in [0.05, 0.1) is 18.8 Å². The molecule has 3 rings (SSSR count). The molecule has 0 spiro atoms. The maximum absolute atomic E-state index is 12.9. The molecule has 0 radical (unpaired) electrons. The lowest BCUT2D eigenvalue weighted by atomic mass is 9.91. The quantitative estimate of drug-likeness (QED) is 0.778. The van der Waals surface area contributed by atoms with Crippen molar-refractivity contribution in [3.05, 3.63) is 0 Å². The van der Waals surface area contributed by atoms with Crippen LogP contribution in [0.25, 0.3) is 0 Å². The zero-order valence-electron chi connectivity index (χ0n) is 12.3. The fourth-order valence-corrected chi connectivity index (χ4v) is 5.84. The summed E-state index contributed by atoms with van der Waals surface area (Å²) in [5, 5.41) is 0. The minimum atomic E-state index is -3.30. The number of hydrogen-bond acceptors (Lipinski definition) is 3. The van der Waals surface area contributed by atoms with Gasteiger partial charge in [-0.25, -0.2) is 0 Å². The van der Waals surface area contributed by atoms with E-state index in [1.165, 1.54) is 0 Å². The second-order valence-corrected chi connectivity index (χ2v) is 8.37. The highest BCUT2D eigenvalue weighted by atomic mass is 32.2. The highest BCUT2D eigenvalue weighted by Gasteiger charge is 2.43. The Morgan fingerprint density at radius 1 is 1.05 bits per heavy atom. The summed E-state index contributed by atoms with van der Waals surface area (Å²) in [6.45, 7) is 4.57. The van der Waals surface area contributed by atoms with E-state index in [1.54, 1.807) is 8.61 Å². The highest BCUT2D eigenvalue weighted by molar-refractivity contribution is 7.86. The van der Waals surface area contributed by atoms with Gasteiger partial charge in [0.2, 0.25) is 0 Å². The van der Waals surface area contributed by atoms with Crippen LogP contribution >= 0.6 is 0 Å². The summed E-state index contributed by atoms with van der Waals surface area (Å²) >= 11 is 0. The molecular weight excluding hydrogens is 276 g/mol. The third-order valence-electron chi connectivity index (χ3n) is 4.92. The fourth-order valence-electron chi connectivity index (χ4n) is 3.85. The summed E-state index contributed by atoms with van der Waals surface area (Å²) in [6, 6.07) is 0.0692. The van der Waals surface area contributed by atoms with Gasteiger partial charge in [0.15, 0.2) is 0 Å². The first-order chi connectivity index (χ1) is 9.59. The van der Waals surface area contributed by atoms with E-state index >= 15 is 0 Å². The molecular formula is C14H26N2O3S. The molecule has 2 heterocycles. The Hall–Kier alpha value is -0.170. The first-order valence-electron chi connectivity index (χ1n) is 7.97. The van der Waals surface area contributed by atoms with Crippen molar-refractivity contribution in [3.63, 3.8) is 0 Å². The molecule has 2 aliphatic heterocycles. The molecule has 0 aromatic rings. The van der Waals surface area contributed by atoms with Crippen LogP contribution < -0.4 is 0 Å². The maximum atomic E-state index is 12.9. The van der Waals surface area contributed by atoms with Crippen molar-refractivity contribution in [1.82, 2.24) is 8.61 Å². The molecule has 0 N–H and O–H groups in total. The van der Waals surface area contributed by atoms with Gasteiger partial charge < -0.3 is 4.74 Å². The predicted octanol–water partition coefficient (Wildman–Crippen LogP) is 1.61. The summed E-state index contributed by atoms with van der Waals surface area (Å²) in [4.78, 5) is 0. The second kappa shape index (κ2) is 5.91. The van der Waals surface area contributed by atoms with Gasteiger partial charge in [-0.3, -0.25) is 0 Å². The topological polar surface area (TPSA) is 49.9 Å². The number of ether oxygens (including phenoxy) is 1. The standard InChI is InChI=1S/C14H26N2O3S/c1-12-5-4-8-15(11-12)20(17,18)16-9-10-19-14-7-3-2-6-13(14)16/h12-14H,2-11H2,1H3/t12-,13+,14-/m1/s1. The molecule has 0 bridgehead atoms. The Balaban J connectivity index is 1.78. The number of hydrogen-bond donors (Lipinski definition) is 0. The maximum Gasteiger partial charge on any atom is 0.282 e. The number of morpholine rings is 1. The molecule has 116 valence electrons. The lowest BCUT2D eigenvalue weighted by molar-refractivity contribution is -0.0605. The van der Waals surface area contributed by atoms with Crippen molar-refractivity contribution < 1.29 is 13.2 Å². The van der Waals surface area contributed by atoms with Gasteiger partial charge >= 0.3 is 0 Å². The summed E-state index contributed by atoms with van der Waals surface area (Å²) in [5.41, 5.74) is 0. The van der Waals surface area contributed by atoms with Crippen LogP contribution in [0.15, 0.2) is 0 Å². The number of fused-ring (bicyclic) bond motifs is 1. The van der Waals surface area contributed by atoms with Crippen molar-refractivity contribution in [2.24, 2.45) is 5.92 Å². The van der Waals surface area contributed by atoms with Gasteiger partial charge in [-0.15, -0.1) is 0 Å². The van der Waals surface area contributed by atoms with E-state index in [1.807, 2.05) is 0 Å². The first-order valence-corrected chi connectivity index (χ1v) is 9.37. The fraction of sp³-hybridized carbons (Fsp3) is 1.00. The van der Waals surface area contributed by atoms with E-state index in [0.29, 0.717) is 32.2 Å². The Morgan fingerprint density at radius 3 is 2.65 bits per heavy atom. The van der Waals surface area contributed by atoms with E-state index in [9.17, 15) is 8.42 Å². The van der Waals surface area contributed by atoms with Crippen LogP contribution in [0.2, 0.25) is 0 Å². The Kier molecular flexibility index (Phi) is 4.36. The van der Waals surface area contributed by atoms with Crippen molar-refractivity contribution in [3.8, 4) is 0 Å². The first kappa shape index (κ1) is 14.8. The van der Waals surface area contributed by atoms with Crippen molar-refractivity contribution in [2.75, 3.05) is 26.2 Å². The number of piperidine rings is 1. The van der Waals surface area contributed by atoms with E-state index < -0.39 is 10.2 Å². The molecule has 0 aromatic heterocycles. The number of nitrogens with zero attached hydrogens (tertiary/aromatic N) is 2. The lowest BCUT2D eigenvalue weighted by Gasteiger charge is -2.45. The van der Waals surface area contributed by atoms with Gasteiger partial charge in [0, 0.05) is 19.6 Å². The van der Waals surface area contributed by atoms with Crippen LogP contribution in [0.5, 0.6) is 0 Å². The van der Waals surface area contributed by atoms with Crippen molar-refractivity contribution in [1.29, 1.82) is 0 Å². The number of rotatable bonds is 2. The lowest BCUT2D eigenvalue weighted by Crippen LogP contribution is -2.59. The molecule has 1 saturated carbocycles. The predicted molar refractivity (Wildman–Crippen MR) is 77.6 cm³/mol. The molecule has 3 fully saturated rings. The zero-order chi connectivity index (χ0) is 14.2. The average Bonchev–Trinajstić information content (AvgIpc) is 2.46. The average molecular weight is 302 g/mol. The van der Waals surface area contributed by atoms with E-state index in [2.05, 4.69) is 6.92 Å². The van der Waals surface area contributed by atoms with Gasteiger partial charge in [0.25, 0.3) is 10.2 Å². The molecule has 5 nitrogen and oxygen atoms in total. The molecule has 3 aliphatic rings. The molecule has 3 atom stereocenters. The van der Waals surface area contributed by atoms with Crippen LogP contribution in [0, 0.1) is 5.92 Å². The Morgan fingerprint density at radius 2 is 1.85 bits per heavy atom. The van der Waals surface area contributed by atoms with Gasteiger partial charge in [-0.1, -0.05) is 19.8 Å². The normalized spacial score (nSPS) is 37.5. The van der Waals surface area contributed by atoms with Crippen molar-refractivity contribution in [2.45, 2.75) is 57.6 Å². The summed E-state index contributed by atoms with van der Waals surface area (Å²) in [5.74, 6) is 0.474. The monoisotopic (exact) mass is 302 g/mol. The SMILES string of the molecule is C[C@@H]1CCCN(S(=O)(=O)N2CCO[C@@H]3CCCC[C@@H]32)C1. The van der Waals surface area contributed by atoms with E-state index in [0.717, 1.165) is 38.5 Å². The summed E-state index contributed by atoms with van der Waals surface area (Å²) in [7, 11) is -3.30. The van der Waals surface area contributed by atoms with E-state index in [-0.39, 0.29) is 12.1 Å². The van der Waals surface area contributed by atoms with Crippen LogP contribution in [0.1, 0.15) is 45.4 Å². The van der Waals surface area contributed by atoms with Crippen LogP contribution in [-0.2, 0) is 14.9 Å². The minimum absolute atomic E-state index is 0.0692. The summed E-state index contributed by atoms with van der Waals surface area (Å²) in [6.07, 6.45) is 6.48. The largest absolute Gasteiger partial charge is 0.375 e. The van der Waals surface area contributed by atoms with Gasteiger partial charge in [-0.05, 0) is 31.6 Å². The Labute approximate surface area is 122 Å². The highest BCUT2D eigenvalue weighted by Crippen LogP contribution is 2.32. The molecule has 2 saturated heterocycles.